The molecule has 2 amide bonds. The lowest BCUT2D eigenvalue weighted by Gasteiger charge is -2.10. The molecule has 0 radical (unpaired) electrons. The van der Waals surface area contributed by atoms with Crippen LogP contribution in [0.2, 0.25) is 0 Å². The zero-order valence-electron chi connectivity index (χ0n) is 12.7. The zero-order valence-corrected chi connectivity index (χ0v) is 12.7. The number of carbonyl (C=O) groups excluding carboxylic acids is 2. The quantitative estimate of drug-likeness (QED) is 0.903. The lowest BCUT2D eigenvalue weighted by atomic mass is 10.1. The second-order valence-corrected chi connectivity index (χ2v) is 5.48. The van der Waals surface area contributed by atoms with E-state index in [2.05, 4.69) is 20.7 Å². The van der Waals surface area contributed by atoms with Crippen LogP contribution in [0.4, 0.5) is 11.6 Å². The minimum Gasteiger partial charge on any atom is -0.326 e. The molecule has 3 rings (SSSR count). The molecular formula is C15H17N5O2. The van der Waals surface area contributed by atoms with Crippen LogP contribution < -0.4 is 10.6 Å². The number of amides is 2. The third kappa shape index (κ3) is 2.57. The van der Waals surface area contributed by atoms with Crippen LogP contribution in [0.1, 0.15) is 29.4 Å². The predicted octanol–water partition coefficient (Wildman–Crippen LogP) is 1.73. The van der Waals surface area contributed by atoms with Crippen molar-refractivity contribution < 1.29 is 9.59 Å². The van der Waals surface area contributed by atoms with Gasteiger partial charge in [-0.1, -0.05) is 6.07 Å². The maximum absolute atomic E-state index is 12.2. The van der Waals surface area contributed by atoms with Gasteiger partial charge in [0.05, 0.1) is 6.42 Å². The Kier molecular flexibility index (Phi) is 3.40. The Labute approximate surface area is 127 Å². The van der Waals surface area contributed by atoms with Gasteiger partial charge in [-0.25, -0.2) is 4.68 Å². The normalized spacial score (nSPS) is 16.3. The topological polar surface area (TPSA) is 88.9 Å². The largest absolute Gasteiger partial charge is 0.326 e. The summed E-state index contributed by atoms with van der Waals surface area (Å²) in [7, 11) is 0. The fourth-order valence-electron chi connectivity index (χ4n) is 2.42. The molecule has 0 saturated heterocycles. The molecule has 1 aromatic heterocycles. The molecule has 2 aromatic rings. The molecule has 0 saturated carbocycles. The van der Waals surface area contributed by atoms with Gasteiger partial charge in [0.1, 0.15) is 11.9 Å². The van der Waals surface area contributed by atoms with E-state index in [1.165, 1.54) is 4.68 Å². The number of nitrogens with one attached hydrogen (secondary N) is 2. The van der Waals surface area contributed by atoms with E-state index in [1.54, 1.807) is 6.92 Å². The SMILES string of the molecule is Cc1nc2n(n1)C(CC(=O)Nc1ccc(C)c(C)c1)C(=O)N2. The van der Waals surface area contributed by atoms with Crippen molar-refractivity contribution in [1.82, 2.24) is 14.8 Å². The number of hydrogen-bond acceptors (Lipinski definition) is 4. The molecule has 1 aromatic carbocycles. The number of carbonyl (C=O) groups is 2. The van der Waals surface area contributed by atoms with Crippen LogP contribution in [0.25, 0.3) is 0 Å². The van der Waals surface area contributed by atoms with Crippen molar-refractivity contribution in [3.8, 4) is 0 Å². The molecular weight excluding hydrogens is 282 g/mol. The highest BCUT2D eigenvalue weighted by molar-refractivity contribution is 6.00. The van der Waals surface area contributed by atoms with Crippen molar-refractivity contribution in [2.24, 2.45) is 0 Å². The first-order valence-corrected chi connectivity index (χ1v) is 7.05. The molecule has 114 valence electrons. The maximum atomic E-state index is 12.2. The van der Waals surface area contributed by atoms with Gasteiger partial charge in [-0.15, -0.1) is 0 Å². The summed E-state index contributed by atoms with van der Waals surface area (Å²) in [5.74, 6) is 0.468. The molecule has 1 atom stereocenters. The maximum Gasteiger partial charge on any atom is 0.252 e. The van der Waals surface area contributed by atoms with Crippen LogP contribution in [0.3, 0.4) is 0 Å². The number of nitrogens with zero attached hydrogens (tertiary/aromatic N) is 3. The molecule has 1 aliphatic rings. The molecule has 2 N–H and O–H groups in total. The van der Waals surface area contributed by atoms with E-state index in [0.29, 0.717) is 11.8 Å². The van der Waals surface area contributed by atoms with Crippen molar-refractivity contribution in [3.63, 3.8) is 0 Å². The highest BCUT2D eigenvalue weighted by atomic mass is 16.2. The Morgan fingerprint density at radius 1 is 1.32 bits per heavy atom. The number of aryl methyl sites for hydroxylation is 3. The Morgan fingerprint density at radius 2 is 2.09 bits per heavy atom. The summed E-state index contributed by atoms with van der Waals surface area (Å²) in [6.45, 7) is 5.74. The third-order valence-electron chi connectivity index (χ3n) is 3.74. The van der Waals surface area contributed by atoms with Gasteiger partial charge < -0.3 is 5.32 Å². The van der Waals surface area contributed by atoms with Gasteiger partial charge in [-0.3, -0.25) is 14.9 Å². The van der Waals surface area contributed by atoms with Crippen LogP contribution in [0, 0.1) is 20.8 Å². The van der Waals surface area contributed by atoms with Gasteiger partial charge in [0, 0.05) is 5.69 Å². The minimum atomic E-state index is -0.650. The van der Waals surface area contributed by atoms with Crippen molar-refractivity contribution in [1.29, 1.82) is 0 Å². The average molecular weight is 299 g/mol. The van der Waals surface area contributed by atoms with Crippen LogP contribution in [0.15, 0.2) is 18.2 Å². The molecule has 0 fully saturated rings. The molecule has 1 unspecified atom stereocenters. The lowest BCUT2D eigenvalue weighted by Crippen LogP contribution is -2.23. The minimum absolute atomic E-state index is 0.0224. The second kappa shape index (κ2) is 5.25. The molecule has 22 heavy (non-hydrogen) atoms. The molecule has 7 heteroatoms. The molecule has 7 nitrogen and oxygen atoms in total. The third-order valence-corrected chi connectivity index (χ3v) is 3.74. The van der Waals surface area contributed by atoms with E-state index in [0.717, 1.165) is 16.8 Å². The van der Waals surface area contributed by atoms with Gasteiger partial charge >= 0.3 is 0 Å². The van der Waals surface area contributed by atoms with Crippen LogP contribution in [-0.2, 0) is 9.59 Å². The van der Waals surface area contributed by atoms with Gasteiger partial charge in [-0.2, -0.15) is 10.1 Å². The average Bonchev–Trinajstić information content (AvgIpc) is 2.92. The van der Waals surface area contributed by atoms with Gasteiger partial charge in [-0.05, 0) is 44.0 Å². The molecule has 0 bridgehead atoms. The van der Waals surface area contributed by atoms with Crippen molar-refractivity contribution in [2.75, 3.05) is 10.6 Å². The smallest absolute Gasteiger partial charge is 0.252 e. The van der Waals surface area contributed by atoms with E-state index in [1.807, 2.05) is 32.0 Å². The molecule has 1 aliphatic heterocycles. The summed E-state index contributed by atoms with van der Waals surface area (Å²) in [5, 5.41) is 9.59. The fraction of sp³-hybridized carbons (Fsp3) is 0.333. The van der Waals surface area contributed by atoms with Gasteiger partial charge in [0.15, 0.2) is 0 Å². The Morgan fingerprint density at radius 3 is 2.82 bits per heavy atom. The summed E-state index contributed by atoms with van der Waals surface area (Å²) in [6.07, 6.45) is 0.0224. The van der Waals surface area contributed by atoms with E-state index in [9.17, 15) is 9.59 Å². The molecule has 0 spiro atoms. The fourth-order valence-corrected chi connectivity index (χ4v) is 2.42. The summed E-state index contributed by atoms with van der Waals surface area (Å²) in [5.41, 5.74) is 2.99. The Balaban J connectivity index is 1.71. The molecule has 2 heterocycles. The lowest BCUT2D eigenvalue weighted by molar-refractivity contribution is -0.123. The number of anilines is 2. The van der Waals surface area contributed by atoms with Crippen LogP contribution in [0.5, 0.6) is 0 Å². The number of benzene rings is 1. The second-order valence-electron chi connectivity index (χ2n) is 5.48. The summed E-state index contributed by atoms with van der Waals surface area (Å²) < 4.78 is 1.47. The van der Waals surface area contributed by atoms with Gasteiger partial charge in [0.25, 0.3) is 5.91 Å². The first-order chi connectivity index (χ1) is 10.4. The monoisotopic (exact) mass is 299 g/mol. The summed E-state index contributed by atoms with van der Waals surface area (Å²) >= 11 is 0. The van der Waals surface area contributed by atoms with Crippen molar-refractivity contribution >= 4 is 23.5 Å². The highest BCUT2D eigenvalue weighted by Gasteiger charge is 2.34. The highest BCUT2D eigenvalue weighted by Crippen LogP contribution is 2.25. The number of aromatic nitrogens is 3. The zero-order chi connectivity index (χ0) is 15.9. The molecule has 0 aliphatic carbocycles. The van der Waals surface area contributed by atoms with Crippen LogP contribution in [-0.4, -0.2) is 26.6 Å². The number of fused-ring (bicyclic) bond motifs is 1. The van der Waals surface area contributed by atoms with Crippen molar-refractivity contribution in [2.45, 2.75) is 33.2 Å². The van der Waals surface area contributed by atoms with E-state index >= 15 is 0 Å². The van der Waals surface area contributed by atoms with E-state index < -0.39 is 6.04 Å². The first kappa shape index (κ1) is 14.2. The number of rotatable bonds is 3. The first-order valence-electron chi connectivity index (χ1n) is 7.05. The standard InChI is InChI=1S/C15H17N5O2/c1-8-4-5-11(6-9(8)2)17-13(21)7-12-14(22)18-15-16-10(3)19-20(12)15/h4-6,12H,7H2,1-3H3,(H,17,21)(H,16,18,19,22). The Bertz CT molecular complexity index is 765. The summed E-state index contributed by atoms with van der Waals surface area (Å²) in [4.78, 5) is 28.2. The van der Waals surface area contributed by atoms with Crippen molar-refractivity contribution in [3.05, 3.63) is 35.2 Å². The van der Waals surface area contributed by atoms with Gasteiger partial charge in [0.2, 0.25) is 11.9 Å². The van der Waals surface area contributed by atoms with Crippen LogP contribution >= 0.6 is 0 Å². The van der Waals surface area contributed by atoms with E-state index in [-0.39, 0.29) is 18.2 Å². The summed E-state index contributed by atoms with van der Waals surface area (Å²) in [6, 6.07) is 5.06. The predicted molar refractivity (Wildman–Crippen MR) is 81.6 cm³/mol. The Hall–Kier alpha value is -2.70. The van der Waals surface area contributed by atoms with E-state index in [4.69, 9.17) is 0 Å². The number of hydrogen-bond donors (Lipinski definition) is 2.